The molecular formula is C9H7FOS2. The zero-order chi connectivity index (χ0) is 9.42. The summed E-state index contributed by atoms with van der Waals surface area (Å²) in [5.74, 6) is -0.262. The third-order valence-corrected chi connectivity index (χ3v) is 3.17. The maximum absolute atomic E-state index is 12.9. The molecule has 0 saturated carbocycles. The zero-order valence-corrected chi connectivity index (χ0v) is 8.58. The van der Waals surface area contributed by atoms with Gasteiger partial charge in [-0.25, -0.2) is 4.39 Å². The molecule has 1 aromatic heterocycles. The third kappa shape index (κ3) is 1.51. The lowest BCUT2D eigenvalue weighted by molar-refractivity contribution is 0.427. The standard InChI is InChI=1S/C9H7FOS2/c1-11-9-4-6-7(12)2-5(10)3-8(6)13-9/h2-4,12H,1H3. The molecule has 0 saturated heterocycles. The van der Waals surface area contributed by atoms with Crippen LogP contribution in [0.4, 0.5) is 4.39 Å². The van der Waals surface area contributed by atoms with Gasteiger partial charge in [0, 0.05) is 21.0 Å². The zero-order valence-electron chi connectivity index (χ0n) is 6.87. The minimum absolute atomic E-state index is 0.262. The molecule has 0 unspecified atom stereocenters. The fourth-order valence-corrected chi connectivity index (χ4v) is 2.48. The molecule has 2 rings (SSSR count). The molecule has 1 heterocycles. The first kappa shape index (κ1) is 8.84. The number of ether oxygens (including phenoxy) is 1. The van der Waals surface area contributed by atoms with E-state index in [2.05, 4.69) is 12.6 Å². The number of hydrogen-bond donors (Lipinski definition) is 1. The Balaban J connectivity index is 2.75. The summed E-state index contributed by atoms with van der Waals surface area (Å²) in [5.41, 5.74) is 0. The van der Waals surface area contributed by atoms with Crippen molar-refractivity contribution in [1.29, 1.82) is 0 Å². The molecule has 0 spiro atoms. The molecule has 1 aromatic carbocycles. The second kappa shape index (κ2) is 3.20. The van der Waals surface area contributed by atoms with Gasteiger partial charge in [-0.15, -0.1) is 12.6 Å². The maximum Gasteiger partial charge on any atom is 0.174 e. The molecule has 0 aliphatic heterocycles. The third-order valence-electron chi connectivity index (χ3n) is 1.76. The predicted molar refractivity (Wildman–Crippen MR) is 55.6 cm³/mol. The summed E-state index contributed by atoms with van der Waals surface area (Å²) in [4.78, 5) is 0.648. The summed E-state index contributed by atoms with van der Waals surface area (Å²) in [6.45, 7) is 0. The van der Waals surface area contributed by atoms with Crippen LogP contribution in [0.3, 0.4) is 0 Å². The van der Waals surface area contributed by atoms with Gasteiger partial charge in [-0.1, -0.05) is 11.3 Å². The molecular weight excluding hydrogens is 207 g/mol. The van der Waals surface area contributed by atoms with E-state index in [-0.39, 0.29) is 5.82 Å². The van der Waals surface area contributed by atoms with E-state index in [0.29, 0.717) is 4.90 Å². The van der Waals surface area contributed by atoms with Gasteiger partial charge < -0.3 is 4.74 Å². The van der Waals surface area contributed by atoms with Crippen LogP contribution in [0.2, 0.25) is 0 Å². The van der Waals surface area contributed by atoms with Crippen LogP contribution in [-0.2, 0) is 0 Å². The van der Waals surface area contributed by atoms with Crippen LogP contribution >= 0.6 is 24.0 Å². The van der Waals surface area contributed by atoms with Crippen LogP contribution in [0.15, 0.2) is 23.1 Å². The second-order valence-corrected chi connectivity index (χ2v) is 4.13. The summed E-state index contributed by atoms with van der Waals surface area (Å²) in [6.07, 6.45) is 0. The molecule has 2 aromatic rings. The van der Waals surface area contributed by atoms with Gasteiger partial charge in [0.15, 0.2) is 5.06 Å². The van der Waals surface area contributed by atoms with Gasteiger partial charge in [0.05, 0.1) is 7.11 Å². The molecule has 0 N–H and O–H groups in total. The van der Waals surface area contributed by atoms with Gasteiger partial charge in [-0.3, -0.25) is 0 Å². The first-order valence-corrected chi connectivity index (χ1v) is 4.93. The number of methoxy groups -OCH3 is 1. The van der Waals surface area contributed by atoms with Crippen molar-refractivity contribution < 1.29 is 9.13 Å². The van der Waals surface area contributed by atoms with Crippen molar-refractivity contribution in [2.24, 2.45) is 0 Å². The van der Waals surface area contributed by atoms with Crippen molar-refractivity contribution in [3.8, 4) is 5.06 Å². The van der Waals surface area contributed by atoms with Gasteiger partial charge in [0.2, 0.25) is 0 Å². The smallest absolute Gasteiger partial charge is 0.174 e. The number of hydrogen-bond acceptors (Lipinski definition) is 3. The Bertz CT molecular complexity index is 450. The molecule has 0 aliphatic rings. The summed E-state index contributed by atoms with van der Waals surface area (Å²) in [6, 6.07) is 4.75. The topological polar surface area (TPSA) is 9.23 Å². The molecule has 0 radical (unpaired) electrons. The van der Waals surface area contributed by atoms with Gasteiger partial charge in [-0.2, -0.15) is 0 Å². The maximum atomic E-state index is 12.9. The van der Waals surface area contributed by atoms with E-state index in [0.717, 1.165) is 15.1 Å². The highest BCUT2D eigenvalue weighted by molar-refractivity contribution is 7.80. The Morgan fingerprint density at radius 2 is 2.15 bits per heavy atom. The number of thiophene rings is 1. The fraction of sp³-hybridized carbons (Fsp3) is 0.111. The number of halogens is 1. The SMILES string of the molecule is COc1cc2c(S)cc(F)cc2s1. The van der Waals surface area contributed by atoms with E-state index in [1.165, 1.54) is 23.5 Å². The molecule has 1 nitrogen and oxygen atoms in total. The predicted octanol–water partition coefficient (Wildman–Crippen LogP) is 3.34. The van der Waals surface area contributed by atoms with Crippen LogP contribution in [0.1, 0.15) is 0 Å². The van der Waals surface area contributed by atoms with Gasteiger partial charge in [-0.05, 0) is 12.1 Å². The number of rotatable bonds is 1. The van der Waals surface area contributed by atoms with Crippen LogP contribution in [0, 0.1) is 5.82 Å². The Morgan fingerprint density at radius 3 is 2.85 bits per heavy atom. The highest BCUT2D eigenvalue weighted by Crippen LogP contribution is 2.35. The van der Waals surface area contributed by atoms with Crippen molar-refractivity contribution in [3.63, 3.8) is 0 Å². The average Bonchev–Trinajstić information content (AvgIpc) is 2.47. The van der Waals surface area contributed by atoms with E-state index in [4.69, 9.17) is 4.74 Å². The summed E-state index contributed by atoms with van der Waals surface area (Å²) < 4.78 is 18.8. The Labute approximate surface area is 84.6 Å². The normalized spacial score (nSPS) is 10.7. The minimum Gasteiger partial charge on any atom is -0.487 e. The molecule has 13 heavy (non-hydrogen) atoms. The second-order valence-electron chi connectivity index (χ2n) is 2.61. The molecule has 0 atom stereocenters. The minimum atomic E-state index is -0.262. The molecule has 0 bridgehead atoms. The molecule has 0 amide bonds. The van der Waals surface area contributed by atoms with E-state index in [1.54, 1.807) is 7.11 Å². The Morgan fingerprint density at radius 1 is 1.38 bits per heavy atom. The first-order valence-electron chi connectivity index (χ1n) is 3.67. The lowest BCUT2D eigenvalue weighted by Gasteiger charge is -1.93. The van der Waals surface area contributed by atoms with Crippen LogP contribution < -0.4 is 4.74 Å². The average molecular weight is 214 g/mol. The van der Waals surface area contributed by atoms with E-state index in [1.807, 2.05) is 6.07 Å². The largest absolute Gasteiger partial charge is 0.487 e. The van der Waals surface area contributed by atoms with Crippen LogP contribution in [0.25, 0.3) is 10.1 Å². The number of benzene rings is 1. The summed E-state index contributed by atoms with van der Waals surface area (Å²) >= 11 is 5.60. The van der Waals surface area contributed by atoms with E-state index < -0.39 is 0 Å². The number of thiol groups is 1. The lowest BCUT2D eigenvalue weighted by Crippen LogP contribution is -1.74. The Hall–Kier alpha value is -0.740. The summed E-state index contributed by atoms with van der Waals surface area (Å²) in [5, 5.41) is 1.71. The van der Waals surface area contributed by atoms with Crippen molar-refractivity contribution in [2.45, 2.75) is 4.90 Å². The Kier molecular flexibility index (Phi) is 2.17. The van der Waals surface area contributed by atoms with Crippen molar-refractivity contribution in [2.75, 3.05) is 7.11 Å². The van der Waals surface area contributed by atoms with Crippen LogP contribution in [-0.4, -0.2) is 7.11 Å². The molecule has 68 valence electrons. The van der Waals surface area contributed by atoms with Gasteiger partial charge in [0.25, 0.3) is 0 Å². The van der Waals surface area contributed by atoms with Gasteiger partial charge in [0.1, 0.15) is 5.82 Å². The van der Waals surface area contributed by atoms with Gasteiger partial charge >= 0.3 is 0 Å². The number of fused-ring (bicyclic) bond motifs is 1. The quantitative estimate of drug-likeness (QED) is 0.716. The summed E-state index contributed by atoms with van der Waals surface area (Å²) in [7, 11) is 1.60. The van der Waals surface area contributed by atoms with Crippen molar-refractivity contribution >= 4 is 34.1 Å². The molecule has 0 aliphatic carbocycles. The van der Waals surface area contributed by atoms with E-state index in [9.17, 15) is 4.39 Å². The van der Waals surface area contributed by atoms with E-state index >= 15 is 0 Å². The van der Waals surface area contributed by atoms with Crippen molar-refractivity contribution in [3.05, 3.63) is 24.0 Å². The highest BCUT2D eigenvalue weighted by atomic mass is 32.1. The van der Waals surface area contributed by atoms with Crippen molar-refractivity contribution in [1.82, 2.24) is 0 Å². The monoisotopic (exact) mass is 214 g/mol. The lowest BCUT2D eigenvalue weighted by atomic mass is 10.2. The fourth-order valence-electron chi connectivity index (χ4n) is 1.17. The molecule has 4 heteroatoms. The highest BCUT2D eigenvalue weighted by Gasteiger charge is 2.06. The molecule has 0 fully saturated rings. The first-order chi connectivity index (χ1) is 6.20. The van der Waals surface area contributed by atoms with Crippen LogP contribution in [0.5, 0.6) is 5.06 Å².